The zero-order valence-electron chi connectivity index (χ0n) is 12.3. The van der Waals surface area contributed by atoms with Gasteiger partial charge in [-0.05, 0) is 25.1 Å². The lowest BCUT2D eigenvalue weighted by Crippen LogP contribution is -2.26. The average molecular weight is 337 g/mol. The normalized spacial score (nSPS) is 11.9. The maximum atomic E-state index is 12.0. The topological polar surface area (TPSA) is 115 Å². The van der Waals surface area contributed by atoms with Gasteiger partial charge in [-0.2, -0.15) is 0 Å². The zero-order valence-corrected chi connectivity index (χ0v) is 13.1. The van der Waals surface area contributed by atoms with Crippen molar-refractivity contribution in [2.75, 3.05) is 13.1 Å². The molecule has 23 heavy (non-hydrogen) atoms. The number of aliphatic imine (C=N–C) groups is 1. The first kappa shape index (κ1) is 16.8. The van der Waals surface area contributed by atoms with Crippen LogP contribution in [0, 0.1) is 17.0 Å². The molecule has 0 radical (unpaired) electrons. The highest BCUT2D eigenvalue weighted by Crippen LogP contribution is 2.13. The third-order valence-electron chi connectivity index (χ3n) is 2.88. The predicted octanol–water partition coefficient (Wildman–Crippen LogP) is 1.89. The van der Waals surface area contributed by atoms with Crippen molar-refractivity contribution >= 4 is 22.1 Å². The number of aryl methyl sites for hydroxylation is 1. The van der Waals surface area contributed by atoms with Crippen molar-refractivity contribution in [1.29, 1.82) is 0 Å². The predicted molar refractivity (Wildman–Crippen MR) is 84.2 cm³/mol. The van der Waals surface area contributed by atoms with Gasteiger partial charge in [0, 0.05) is 6.54 Å². The molecular formula is C14H15N3O5S. The Morgan fingerprint density at radius 1 is 1.26 bits per heavy atom. The Morgan fingerprint density at radius 2 is 1.96 bits per heavy atom. The second-order valence-electron chi connectivity index (χ2n) is 4.68. The number of nitrogens with zero attached hydrogens (tertiary/aromatic N) is 2. The number of nitrogens with one attached hydrogen (secondary N) is 1. The quantitative estimate of drug-likeness (QED) is 0.358. The Kier molecular flexibility index (Phi) is 5.24. The summed E-state index contributed by atoms with van der Waals surface area (Å²) < 4.78 is 31.3. The van der Waals surface area contributed by atoms with Gasteiger partial charge in [0.05, 0.1) is 23.7 Å². The third kappa shape index (κ3) is 4.73. The molecule has 0 saturated carbocycles. The van der Waals surface area contributed by atoms with Crippen LogP contribution in [-0.4, -0.2) is 32.6 Å². The van der Waals surface area contributed by atoms with E-state index < -0.39 is 14.9 Å². The van der Waals surface area contributed by atoms with Gasteiger partial charge in [-0.15, -0.1) is 0 Å². The van der Waals surface area contributed by atoms with E-state index in [1.54, 1.807) is 12.1 Å². The lowest BCUT2D eigenvalue weighted by atomic mass is 10.2. The first-order valence-corrected chi connectivity index (χ1v) is 8.17. The Bertz CT molecular complexity index is 809. The maximum absolute atomic E-state index is 12.0. The van der Waals surface area contributed by atoms with Crippen molar-refractivity contribution < 1.29 is 17.8 Å². The summed E-state index contributed by atoms with van der Waals surface area (Å²) in [5.41, 5.74) is 0.973. The molecule has 0 spiro atoms. The minimum atomic E-state index is -3.57. The summed E-state index contributed by atoms with van der Waals surface area (Å²) in [4.78, 5) is 13.9. The van der Waals surface area contributed by atoms with Gasteiger partial charge in [-0.3, -0.25) is 15.1 Å². The van der Waals surface area contributed by atoms with Gasteiger partial charge in [-0.1, -0.05) is 17.7 Å². The van der Waals surface area contributed by atoms with Gasteiger partial charge in [-0.25, -0.2) is 13.1 Å². The van der Waals surface area contributed by atoms with Crippen molar-refractivity contribution in [1.82, 2.24) is 4.72 Å². The number of hydrogen-bond acceptors (Lipinski definition) is 6. The van der Waals surface area contributed by atoms with Crippen molar-refractivity contribution in [2.45, 2.75) is 11.8 Å². The number of furan rings is 1. The molecule has 0 aliphatic carbocycles. The van der Waals surface area contributed by atoms with E-state index in [1.165, 1.54) is 30.5 Å². The molecule has 0 aliphatic rings. The van der Waals surface area contributed by atoms with Crippen LogP contribution in [0.4, 0.5) is 5.88 Å². The minimum absolute atomic E-state index is 0.107. The standard InChI is InChI=1S/C14H15N3O5S/c1-11-2-5-13(6-3-11)23(20,21)16-9-8-15-10-12-4-7-14(22-12)17(18)19/h2-7,10,16H,8-9H2,1H3. The molecule has 1 N–H and O–H groups in total. The molecule has 9 heteroatoms. The molecule has 2 rings (SSSR count). The highest BCUT2D eigenvalue weighted by atomic mass is 32.2. The van der Waals surface area contributed by atoms with Crippen molar-refractivity contribution in [3.63, 3.8) is 0 Å². The largest absolute Gasteiger partial charge is 0.433 e. The molecule has 0 bridgehead atoms. The number of benzene rings is 1. The van der Waals surface area contributed by atoms with Gasteiger partial charge in [0.2, 0.25) is 10.0 Å². The second kappa shape index (κ2) is 7.16. The van der Waals surface area contributed by atoms with Crippen LogP contribution < -0.4 is 4.72 Å². The van der Waals surface area contributed by atoms with Crippen LogP contribution in [0.3, 0.4) is 0 Å². The highest BCUT2D eigenvalue weighted by molar-refractivity contribution is 7.89. The van der Waals surface area contributed by atoms with Gasteiger partial charge in [0.15, 0.2) is 5.76 Å². The molecule has 0 unspecified atom stereocenters. The summed E-state index contributed by atoms with van der Waals surface area (Å²) in [6, 6.07) is 9.14. The monoisotopic (exact) mass is 337 g/mol. The first-order valence-electron chi connectivity index (χ1n) is 6.69. The van der Waals surface area contributed by atoms with Crippen LogP contribution >= 0.6 is 0 Å². The van der Waals surface area contributed by atoms with Crippen molar-refractivity contribution in [3.05, 3.63) is 57.8 Å². The zero-order chi connectivity index (χ0) is 16.9. The van der Waals surface area contributed by atoms with E-state index in [1.807, 2.05) is 6.92 Å². The van der Waals surface area contributed by atoms with Crippen LogP contribution in [0.25, 0.3) is 0 Å². The molecule has 1 aromatic carbocycles. The van der Waals surface area contributed by atoms with Crippen LogP contribution in [0.15, 0.2) is 50.7 Å². The number of nitro groups is 1. The fraction of sp³-hybridized carbons (Fsp3) is 0.214. The molecule has 1 heterocycles. The van der Waals surface area contributed by atoms with E-state index in [2.05, 4.69) is 9.71 Å². The molecule has 1 aromatic heterocycles. The lowest BCUT2D eigenvalue weighted by Gasteiger charge is -2.05. The fourth-order valence-electron chi connectivity index (χ4n) is 1.71. The fourth-order valence-corrected chi connectivity index (χ4v) is 2.73. The summed E-state index contributed by atoms with van der Waals surface area (Å²) in [6.07, 6.45) is 1.31. The Balaban J connectivity index is 1.85. The molecule has 122 valence electrons. The van der Waals surface area contributed by atoms with E-state index in [4.69, 9.17) is 4.42 Å². The average Bonchev–Trinajstić information content (AvgIpc) is 2.96. The Hall–Kier alpha value is -2.52. The summed E-state index contributed by atoms with van der Waals surface area (Å²) in [5.74, 6) is -0.135. The number of rotatable bonds is 7. The van der Waals surface area contributed by atoms with Gasteiger partial charge < -0.3 is 4.42 Å². The molecule has 0 atom stereocenters. The first-order chi connectivity index (χ1) is 10.9. The van der Waals surface area contributed by atoms with Crippen LogP contribution in [0.2, 0.25) is 0 Å². The Labute approximate surface area is 133 Å². The number of hydrogen-bond donors (Lipinski definition) is 1. The van der Waals surface area contributed by atoms with Gasteiger partial charge >= 0.3 is 5.88 Å². The van der Waals surface area contributed by atoms with E-state index in [0.717, 1.165) is 5.56 Å². The maximum Gasteiger partial charge on any atom is 0.433 e. The third-order valence-corrected chi connectivity index (χ3v) is 4.35. The summed E-state index contributed by atoms with van der Waals surface area (Å²) in [6.45, 7) is 2.16. The molecule has 0 amide bonds. The molecule has 0 saturated heterocycles. The molecule has 0 fully saturated rings. The smallest absolute Gasteiger partial charge is 0.400 e. The minimum Gasteiger partial charge on any atom is -0.400 e. The van der Waals surface area contributed by atoms with Crippen LogP contribution in [0.5, 0.6) is 0 Å². The van der Waals surface area contributed by atoms with Crippen molar-refractivity contribution in [3.8, 4) is 0 Å². The van der Waals surface area contributed by atoms with Crippen LogP contribution in [-0.2, 0) is 10.0 Å². The lowest BCUT2D eigenvalue weighted by molar-refractivity contribution is -0.402. The van der Waals surface area contributed by atoms with Gasteiger partial charge in [0.1, 0.15) is 4.92 Å². The molecule has 0 aliphatic heterocycles. The summed E-state index contributed by atoms with van der Waals surface area (Å²) >= 11 is 0. The second-order valence-corrected chi connectivity index (χ2v) is 6.45. The van der Waals surface area contributed by atoms with E-state index in [-0.39, 0.29) is 29.6 Å². The van der Waals surface area contributed by atoms with Crippen LogP contribution in [0.1, 0.15) is 11.3 Å². The molecular weight excluding hydrogens is 322 g/mol. The Morgan fingerprint density at radius 3 is 2.57 bits per heavy atom. The van der Waals surface area contributed by atoms with Crippen molar-refractivity contribution in [2.24, 2.45) is 4.99 Å². The SMILES string of the molecule is Cc1ccc(S(=O)(=O)NCCN=Cc2ccc([N+](=O)[O-])o2)cc1. The summed E-state index contributed by atoms with van der Waals surface area (Å²) in [7, 11) is -3.57. The van der Waals surface area contributed by atoms with E-state index in [0.29, 0.717) is 0 Å². The molecule has 8 nitrogen and oxygen atoms in total. The summed E-state index contributed by atoms with van der Waals surface area (Å²) in [5, 5.41) is 10.4. The van der Waals surface area contributed by atoms with Gasteiger partial charge in [0.25, 0.3) is 0 Å². The van der Waals surface area contributed by atoms with E-state index >= 15 is 0 Å². The van der Waals surface area contributed by atoms with E-state index in [9.17, 15) is 18.5 Å². The highest BCUT2D eigenvalue weighted by Gasteiger charge is 2.12. The molecule has 2 aromatic rings. The number of sulfonamides is 1.